The van der Waals surface area contributed by atoms with Crippen LogP contribution >= 0.6 is 0 Å². The normalized spacial score (nSPS) is 14.7. The minimum Gasteiger partial charge on any atom is -0.342 e. The minimum atomic E-state index is -0.571. The summed E-state index contributed by atoms with van der Waals surface area (Å²) in [7, 11) is 0. The molecule has 8 heteroatoms. The van der Waals surface area contributed by atoms with Crippen LogP contribution in [0.2, 0.25) is 0 Å². The van der Waals surface area contributed by atoms with Gasteiger partial charge in [-0.2, -0.15) is 0 Å². The number of benzene rings is 1. The van der Waals surface area contributed by atoms with Crippen molar-refractivity contribution in [3.8, 4) is 0 Å². The van der Waals surface area contributed by atoms with Gasteiger partial charge in [-0.3, -0.25) is 19.1 Å². The van der Waals surface area contributed by atoms with Gasteiger partial charge in [-0.15, -0.1) is 0 Å². The average Bonchev–Trinajstić information content (AvgIpc) is 2.94. The van der Waals surface area contributed by atoms with Crippen molar-refractivity contribution in [2.45, 2.75) is 19.4 Å². The Balaban J connectivity index is 1.43. The molecule has 0 radical (unpaired) electrons. The molecule has 25 heavy (non-hydrogen) atoms. The van der Waals surface area contributed by atoms with Crippen molar-refractivity contribution in [1.29, 1.82) is 0 Å². The lowest BCUT2D eigenvalue weighted by atomic mass is 9.99. The molecule has 2 N–H and O–H groups in total. The summed E-state index contributed by atoms with van der Waals surface area (Å²) in [5, 5.41) is 0. The van der Waals surface area contributed by atoms with Gasteiger partial charge >= 0.3 is 5.69 Å². The van der Waals surface area contributed by atoms with E-state index in [4.69, 9.17) is 0 Å². The Hall–Kier alpha value is -3.16. The number of H-pyrrole nitrogens is 2. The maximum absolute atomic E-state index is 12.3. The SMILES string of the molecule is Cc1cn(CC(=O)N2CC(c3nc4ccccc4[nH]3)C2)c(=O)[nH]c1=O. The van der Waals surface area contributed by atoms with Gasteiger partial charge in [0.2, 0.25) is 5.91 Å². The highest BCUT2D eigenvalue weighted by atomic mass is 16.2. The van der Waals surface area contributed by atoms with E-state index in [2.05, 4.69) is 15.0 Å². The Labute approximate surface area is 142 Å². The molecule has 3 aromatic rings. The van der Waals surface area contributed by atoms with Crippen molar-refractivity contribution in [1.82, 2.24) is 24.4 Å². The van der Waals surface area contributed by atoms with Crippen LogP contribution in [0.15, 0.2) is 40.1 Å². The van der Waals surface area contributed by atoms with Crippen molar-refractivity contribution in [3.05, 3.63) is 62.7 Å². The molecule has 128 valence electrons. The fourth-order valence-corrected chi connectivity index (χ4v) is 3.00. The van der Waals surface area contributed by atoms with Gasteiger partial charge in [0, 0.05) is 24.8 Å². The fraction of sp³-hybridized carbons (Fsp3) is 0.294. The lowest BCUT2D eigenvalue weighted by molar-refractivity contribution is -0.136. The Morgan fingerprint density at radius 1 is 1.24 bits per heavy atom. The first-order valence-electron chi connectivity index (χ1n) is 8.04. The molecular formula is C17H17N5O3. The number of hydrogen-bond donors (Lipinski definition) is 2. The lowest BCUT2D eigenvalue weighted by Gasteiger charge is -2.38. The zero-order valence-corrected chi connectivity index (χ0v) is 13.7. The Bertz CT molecular complexity index is 1040. The van der Waals surface area contributed by atoms with Crippen LogP contribution in [0.4, 0.5) is 0 Å². The topological polar surface area (TPSA) is 104 Å². The van der Waals surface area contributed by atoms with Crippen LogP contribution in [0.3, 0.4) is 0 Å². The summed E-state index contributed by atoms with van der Waals surface area (Å²) < 4.78 is 1.23. The van der Waals surface area contributed by atoms with E-state index in [0.29, 0.717) is 18.7 Å². The summed E-state index contributed by atoms with van der Waals surface area (Å²) in [6.45, 7) is 2.65. The van der Waals surface area contributed by atoms with Crippen molar-refractivity contribution in [3.63, 3.8) is 0 Å². The van der Waals surface area contributed by atoms with Gasteiger partial charge < -0.3 is 9.88 Å². The van der Waals surface area contributed by atoms with E-state index in [0.717, 1.165) is 16.9 Å². The standard InChI is InChI=1S/C17H17N5O3/c1-10-6-22(17(25)20-16(10)24)9-14(23)21-7-11(8-21)15-18-12-4-2-3-5-13(12)19-15/h2-6,11H,7-9H2,1H3,(H,18,19)(H,20,24,25). The van der Waals surface area contributed by atoms with Gasteiger partial charge in [0.05, 0.1) is 17.0 Å². The number of nitrogens with zero attached hydrogens (tertiary/aromatic N) is 3. The van der Waals surface area contributed by atoms with Gasteiger partial charge in [0.15, 0.2) is 0 Å². The van der Waals surface area contributed by atoms with Gasteiger partial charge in [0.1, 0.15) is 12.4 Å². The average molecular weight is 339 g/mol. The van der Waals surface area contributed by atoms with Crippen LogP contribution in [0.1, 0.15) is 17.3 Å². The molecule has 1 saturated heterocycles. The number of para-hydroxylation sites is 2. The first-order chi connectivity index (χ1) is 12.0. The molecule has 2 aromatic heterocycles. The fourth-order valence-electron chi connectivity index (χ4n) is 3.00. The first kappa shape index (κ1) is 15.4. The van der Waals surface area contributed by atoms with Crippen LogP contribution < -0.4 is 11.2 Å². The summed E-state index contributed by atoms with van der Waals surface area (Å²) in [6.07, 6.45) is 1.41. The molecule has 0 aliphatic carbocycles. The number of rotatable bonds is 3. The molecule has 0 saturated carbocycles. The molecule has 1 aliphatic rings. The van der Waals surface area contributed by atoms with E-state index in [1.807, 2.05) is 24.3 Å². The lowest BCUT2D eigenvalue weighted by Crippen LogP contribution is -2.50. The number of hydrogen-bond acceptors (Lipinski definition) is 4. The first-order valence-corrected chi connectivity index (χ1v) is 8.04. The Morgan fingerprint density at radius 3 is 2.76 bits per heavy atom. The second kappa shape index (κ2) is 5.73. The van der Waals surface area contributed by atoms with Crippen molar-refractivity contribution >= 4 is 16.9 Å². The molecule has 0 spiro atoms. The van der Waals surface area contributed by atoms with E-state index in [9.17, 15) is 14.4 Å². The van der Waals surface area contributed by atoms with Crippen molar-refractivity contribution in [2.24, 2.45) is 0 Å². The number of amides is 1. The molecule has 1 fully saturated rings. The second-order valence-electron chi connectivity index (χ2n) is 6.33. The number of carbonyl (C=O) groups excluding carboxylic acids is 1. The van der Waals surface area contributed by atoms with Gasteiger partial charge in [-0.05, 0) is 19.1 Å². The number of nitrogens with one attached hydrogen (secondary N) is 2. The largest absolute Gasteiger partial charge is 0.342 e. The van der Waals surface area contributed by atoms with Gasteiger partial charge in [-0.25, -0.2) is 9.78 Å². The molecule has 4 rings (SSSR count). The molecule has 0 bridgehead atoms. The maximum atomic E-state index is 12.3. The molecular weight excluding hydrogens is 322 g/mol. The van der Waals surface area contributed by atoms with E-state index in [1.165, 1.54) is 10.8 Å². The molecule has 1 aliphatic heterocycles. The van der Waals surface area contributed by atoms with Gasteiger partial charge in [-0.1, -0.05) is 12.1 Å². The molecule has 3 heterocycles. The molecule has 1 aromatic carbocycles. The van der Waals surface area contributed by atoms with E-state index in [-0.39, 0.29) is 18.4 Å². The third-order valence-corrected chi connectivity index (χ3v) is 4.52. The van der Waals surface area contributed by atoms with Crippen molar-refractivity contribution < 1.29 is 4.79 Å². The highest BCUT2D eigenvalue weighted by Gasteiger charge is 2.33. The van der Waals surface area contributed by atoms with Crippen LogP contribution in [0.25, 0.3) is 11.0 Å². The Morgan fingerprint density at radius 2 is 2.00 bits per heavy atom. The van der Waals surface area contributed by atoms with E-state index >= 15 is 0 Å². The number of carbonyl (C=O) groups is 1. The molecule has 1 amide bonds. The van der Waals surface area contributed by atoms with E-state index < -0.39 is 11.2 Å². The van der Waals surface area contributed by atoms with Crippen LogP contribution in [-0.2, 0) is 11.3 Å². The highest BCUT2D eigenvalue weighted by molar-refractivity contribution is 5.78. The quantitative estimate of drug-likeness (QED) is 0.718. The summed E-state index contributed by atoms with van der Waals surface area (Å²) in [5.74, 6) is 0.897. The zero-order chi connectivity index (χ0) is 17.6. The van der Waals surface area contributed by atoms with Crippen LogP contribution in [0, 0.1) is 6.92 Å². The van der Waals surface area contributed by atoms with Crippen molar-refractivity contribution in [2.75, 3.05) is 13.1 Å². The zero-order valence-electron chi connectivity index (χ0n) is 13.7. The number of aryl methyl sites for hydroxylation is 1. The van der Waals surface area contributed by atoms with Gasteiger partial charge in [0.25, 0.3) is 5.56 Å². The molecule has 8 nitrogen and oxygen atoms in total. The number of likely N-dealkylation sites (tertiary alicyclic amines) is 1. The summed E-state index contributed by atoms with van der Waals surface area (Å²) >= 11 is 0. The third kappa shape index (κ3) is 2.75. The summed E-state index contributed by atoms with van der Waals surface area (Å²) in [5.41, 5.74) is 1.30. The van der Waals surface area contributed by atoms with Crippen LogP contribution in [-0.4, -0.2) is 43.4 Å². The van der Waals surface area contributed by atoms with Crippen LogP contribution in [0.5, 0.6) is 0 Å². The predicted molar refractivity (Wildman–Crippen MR) is 91.5 cm³/mol. The summed E-state index contributed by atoms with van der Waals surface area (Å²) in [4.78, 5) is 47.2. The number of aromatic nitrogens is 4. The number of imidazole rings is 1. The number of aromatic amines is 2. The third-order valence-electron chi connectivity index (χ3n) is 4.52. The summed E-state index contributed by atoms with van der Waals surface area (Å²) in [6, 6.07) is 7.80. The predicted octanol–water partition coefficient (Wildman–Crippen LogP) is 0.347. The number of fused-ring (bicyclic) bond motifs is 1. The second-order valence-corrected chi connectivity index (χ2v) is 6.33. The molecule has 0 unspecified atom stereocenters. The Kier molecular flexibility index (Phi) is 3.52. The molecule has 0 atom stereocenters. The monoisotopic (exact) mass is 339 g/mol. The highest BCUT2D eigenvalue weighted by Crippen LogP contribution is 2.26. The minimum absolute atomic E-state index is 0.0801. The maximum Gasteiger partial charge on any atom is 0.328 e. The van der Waals surface area contributed by atoms with E-state index in [1.54, 1.807) is 11.8 Å². The smallest absolute Gasteiger partial charge is 0.328 e.